The molecule has 0 radical (unpaired) electrons. The molecule has 0 saturated heterocycles. The molecule has 0 spiro atoms. The second kappa shape index (κ2) is 9.18. The molecule has 4 rings (SSSR count). The van der Waals surface area contributed by atoms with Crippen LogP contribution in [0.3, 0.4) is 0 Å². The zero-order chi connectivity index (χ0) is 23.6. The molecule has 0 aliphatic heterocycles. The Kier molecular flexibility index (Phi) is 6.32. The van der Waals surface area contributed by atoms with Crippen molar-refractivity contribution in [2.75, 3.05) is 13.6 Å². The van der Waals surface area contributed by atoms with E-state index in [1.807, 2.05) is 63.2 Å². The second-order valence-corrected chi connectivity index (χ2v) is 9.72. The summed E-state index contributed by atoms with van der Waals surface area (Å²) in [5, 5.41) is 3.77. The molecule has 1 aromatic heterocycles. The number of hydrogen-bond donors (Lipinski definition) is 1. The SMILES string of the molecule is CN(CC(=O)NC(C)(C)C)C(=O)c1c2c(nc3ccccc13)C(=Cc1ccccc1)CCC2. The predicted molar refractivity (Wildman–Crippen MR) is 134 cm³/mol. The number of allylic oxidation sites excluding steroid dienone is 1. The van der Waals surface area contributed by atoms with Crippen molar-refractivity contribution in [1.29, 1.82) is 0 Å². The average Bonchev–Trinajstić information content (AvgIpc) is 2.77. The highest BCUT2D eigenvalue weighted by molar-refractivity contribution is 6.09. The van der Waals surface area contributed by atoms with Crippen molar-refractivity contribution >= 4 is 34.4 Å². The lowest BCUT2D eigenvalue weighted by atomic mass is 9.85. The van der Waals surface area contributed by atoms with Crippen molar-refractivity contribution in [3.63, 3.8) is 0 Å². The zero-order valence-corrected chi connectivity index (χ0v) is 19.8. The fourth-order valence-electron chi connectivity index (χ4n) is 4.41. The van der Waals surface area contributed by atoms with Crippen LogP contribution in [0.15, 0.2) is 54.6 Å². The summed E-state index contributed by atoms with van der Waals surface area (Å²) in [5.74, 6) is -0.315. The van der Waals surface area contributed by atoms with E-state index in [-0.39, 0.29) is 23.9 Å². The van der Waals surface area contributed by atoms with Crippen LogP contribution in [0.5, 0.6) is 0 Å². The Hall–Kier alpha value is -3.47. The number of hydrogen-bond acceptors (Lipinski definition) is 3. The Balaban J connectivity index is 1.78. The third-order valence-corrected chi connectivity index (χ3v) is 5.77. The van der Waals surface area contributed by atoms with Gasteiger partial charge in [0.25, 0.3) is 5.91 Å². The van der Waals surface area contributed by atoms with E-state index in [1.54, 1.807) is 7.05 Å². The van der Waals surface area contributed by atoms with Crippen LogP contribution in [-0.4, -0.2) is 40.8 Å². The lowest BCUT2D eigenvalue weighted by Crippen LogP contribution is -2.46. The first-order valence-corrected chi connectivity index (χ1v) is 11.5. The van der Waals surface area contributed by atoms with Gasteiger partial charge in [0.05, 0.1) is 23.3 Å². The molecule has 1 aliphatic rings. The first kappa shape index (κ1) is 22.7. The zero-order valence-electron chi connectivity index (χ0n) is 19.8. The largest absolute Gasteiger partial charge is 0.350 e. The number of benzene rings is 2. The van der Waals surface area contributed by atoms with E-state index in [1.165, 1.54) is 4.90 Å². The van der Waals surface area contributed by atoms with Crippen LogP contribution in [0.25, 0.3) is 22.6 Å². The lowest BCUT2D eigenvalue weighted by molar-refractivity contribution is -0.122. The molecule has 0 atom stereocenters. The monoisotopic (exact) mass is 441 g/mol. The summed E-state index contributed by atoms with van der Waals surface area (Å²) in [6.45, 7) is 5.80. The summed E-state index contributed by atoms with van der Waals surface area (Å²) >= 11 is 0. The first-order valence-electron chi connectivity index (χ1n) is 11.5. The van der Waals surface area contributed by atoms with Gasteiger partial charge in [-0.15, -0.1) is 0 Å². The highest BCUT2D eigenvalue weighted by Gasteiger charge is 2.27. The first-order chi connectivity index (χ1) is 15.7. The minimum absolute atomic E-state index is 0.00817. The summed E-state index contributed by atoms with van der Waals surface area (Å²) in [6.07, 6.45) is 4.85. The average molecular weight is 442 g/mol. The highest BCUT2D eigenvalue weighted by atomic mass is 16.2. The molecule has 0 fully saturated rings. The van der Waals surface area contributed by atoms with Gasteiger partial charge in [-0.1, -0.05) is 48.5 Å². The smallest absolute Gasteiger partial charge is 0.255 e. The number of rotatable bonds is 4. The number of nitrogens with zero attached hydrogens (tertiary/aromatic N) is 2. The Bertz CT molecular complexity index is 1220. The third-order valence-electron chi connectivity index (χ3n) is 5.77. The Morgan fingerprint density at radius 3 is 2.45 bits per heavy atom. The van der Waals surface area contributed by atoms with Gasteiger partial charge in [-0.2, -0.15) is 0 Å². The fourth-order valence-corrected chi connectivity index (χ4v) is 4.41. The molecule has 1 N–H and O–H groups in total. The summed E-state index contributed by atoms with van der Waals surface area (Å²) in [5.41, 5.74) is 5.28. The van der Waals surface area contributed by atoms with Crippen LogP contribution in [0, 0.1) is 0 Å². The van der Waals surface area contributed by atoms with E-state index in [2.05, 4.69) is 23.5 Å². The second-order valence-electron chi connectivity index (χ2n) is 9.72. The molecule has 0 unspecified atom stereocenters. The standard InChI is InChI=1S/C28H31N3O2/c1-28(2,3)30-24(32)18-31(4)27(33)25-21-14-8-9-16-23(21)29-26-20(13-10-15-22(25)26)17-19-11-6-5-7-12-19/h5-9,11-12,14,16-17H,10,13,15,18H2,1-4H3,(H,30,32). The summed E-state index contributed by atoms with van der Waals surface area (Å²) in [7, 11) is 1.69. The molecule has 33 heavy (non-hydrogen) atoms. The van der Waals surface area contributed by atoms with Gasteiger partial charge >= 0.3 is 0 Å². The van der Waals surface area contributed by atoms with Crippen LogP contribution < -0.4 is 5.32 Å². The number of carbonyl (C=O) groups excluding carboxylic acids is 2. The Morgan fingerprint density at radius 2 is 1.73 bits per heavy atom. The quantitative estimate of drug-likeness (QED) is 0.613. The molecule has 3 aromatic rings. The maximum Gasteiger partial charge on any atom is 0.255 e. The molecule has 0 saturated carbocycles. The van der Waals surface area contributed by atoms with Gasteiger partial charge in [-0.05, 0) is 68.9 Å². The minimum atomic E-state index is -0.347. The van der Waals surface area contributed by atoms with Crippen LogP contribution in [0.4, 0.5) is 0 Å². The normalized spacial score (nSPS) is 14.7. The predicted octanol–water partition coefficient (Wildman–Crippen LogP) is 5.10. The molecule has 2 aromatic carbocycles. The summed E-state index contributed by atoms with van der Waals surface area (Å²) in [6, 6.07) is 18.0. The van der Waals surface area contributed by atoms with Gasteiger partial charge in [0, 0.05) is 18.0 Å². The van der Waals surface area contributed by atoms with E-state index in [0.717, 1.165) is 52.6 Å². The van der Waals surface area contributed by atoms with Crippen molar-refractivity contribution in [3.05, 3.63) is 77.0 Å². The van der Waals surface area contributed by atoms with Crippen molar-refractivity contribution in [2.24, 2.45) is 0 Å². The van der Waals surface area contributed by atoms with E-state index in [4.69, 9.17) is 4.98 Å². The number of aromatic nitrogens is 1. The van der Waals surface area contributed by atoms with Crippen molar-refractivity contribution in [2.45, 2.75) is 45.6 Å². The van der Waals surface area contributed by atoms with Gasteiger partial charge in [0.15, 0.2) is 0 Å². The molecule has 1 aliphatic carbocycles. The van der Waals surface area contributed by atoms with Crippen LogP contribution in [0.2, 0.25) is 0 Å². The van der Waals surface area contributed by atoms with E-state index in [9.17, 15) is 9.59 Å². The minimum Gasteiger partial charge on any atom is -0.350 e. The molecular weight excluding hydrogens is 410 g/mol. The molecule has 5 heteroatoms. The molecular formula is C28H31N3O2. The molecule has 5 nitrogen and oxygen atoms in total. The highest BCUT2D eigenvalue weighted by Crippen LogP contribution is 2.36. The van der Waals surface area contributed by atoms with Crippen molar-refractivity contribution in [1.82, 2.24) is 15.2 Å². The van der Waals surface area contributed by atoms with E-state index in [0.29, 0.717) is 5.56 Å². The molecule has 0 bridgehead atoms. The van der Waals surface area contributed by atoms with E-state index >= 15 is 0 Å². The number of pyridine rings is 1. The van der Waals surface area contributed by atoms with Crippen LogP contribution >= 0.6 is 0 Å². The summed E-state index contributed by atoms with van der Waals surface area (Å²) < 4.78 is 0. The number of likely N-dealkylation sites (N-methyl/N-ethyl adjacent to an activating group) is 1. The van der Waals surface area contributed by atoms with Crippen molar-refractivity contribution in [3.8, 4) is 0 Å². The number of para-hydroxylation sites is 1. The fraction of sp³-hybridized carbons (Fsp3) is 0.321. The lowest BCUT2D eigenvalue weighted by Gasteiger charge is -2.26. The van der Waals surface area contributed by atoms with Gasteiger partial charge in [0.1, 0.15) is 0 Å². The molecule has 1 heterocycles. The Morgan fingerprint density at radius 1 is 1.03 bits per heavy atom. The van der Waals surface area contributed by atoms with E-state index < -0.39 is 0 Å². The van der Waals surface area contributed by atoms with Gasteiger partial charge in [-0.25, -0.2) is 4.98 Å². The number of amides is 2. The maximum atomic E-state index is 13.7. The van der Waals surface area contributed by atoms with Gasteiger partial charge in [-0.3, -0.25) is 9.59 Å². The number of fused-ring (bicyclic) bond motifs is 2. The molecule has 170 valence electrons. The number of carbonyl (C=O) groups is 2. The van der Waals surface area contributed by atoms with Gasteiger partial charge in [0.2, 0.25) is 5.91 Å². The number of nitrogens with one attached hydrogen (secondary N) is 1. The van der Waals surface area contributed by atoms with Crippen LogP contribution in [0.1, 0.15) is 60.8 Å². The van der Waals surface area contributed by atoms with Gasteiger partial charge < -0.3 is 10.2 Å². The maximum absolute atomic E-state index is 13.7. The van der Waals surface area contributed by atoms with Crippen molar-refractivity contribution < 1.29 is 9.59 Å². The third kappa shape index (κ3) is 5.14. The molecule has 2 amide bonds. The summed E-state index contributed by atoms with van der Waals surface area (Å²) in [4.78, 5) is 32.7. The topological polar surface area (TPSA) is 62.3 Å². The Labute approximate surface area is 195 Å². The van der Waals surface area contributed by atoms with Crippen LogP contribution in [-0.2, 0) is 11.2 Å².